The third-order valence-electron chi connectivity index (χ3n) is 1.56. The van der Waals surface area contributed by atoms with Crippen molar-refractivity contribution in [1.29, 1.82) is 0 Å². The van der Waals surface area contributed by atoms with E-state index in [-0.39, 0.29) is 13.7 Å². The van der Waals surface area contributed by atoms with E-state index >= 15 is 0 Å². The topological polar surface area (TPSA) is 27.7 Å². The fourth-order valence-electron chi connectivity index (χ4n) is 0. The molecule has 0 saturated carbocycles. The third kappa shape index (κ3) is 139. The molecule has 0 atom stereocenters. The zero-order valence-electron chi connectivity index (χ0n) is 18.0. The monoisotopic (exact) mass is 790 g/mol. The van der Waals surface area contributed by atoms with Crippen molar-refractivity contribution in [3.05, 3.63) is 0 Å². The van der Waals surface area contributed by atoms with Crippen LogP contribution in [0.25, 0.3) is 0 Å². The number of halogens is 3. The number of hydrogen-bond acceptors (Lipinski definition) is 3. The van der Waals surface area contributed by atoms with Gasteiger partial charge < -0.3 is 13.3 Å². The molecule has 0 aromatic rings. The summed E-state index contributed by atoms with van der Waals surface area (Å²) in [7, 11) is 2.72. The maximum atomic E-state index is 5.08. The molecule has 0 unspecified atom stereocenters. The van der Waals surface area contributed by atoms with Gasteiger partial charge in [-0.15, -0.1) is 0 Å². The van der Waals surface area contributed by atoms with Crippen molar-refractivity contribution in [3.8, 4) is 0 Å². The van der Waals surface area contributed by atoms with E-state index in [1.165, 1.54) is 0 Å². The second-order valence-electron chi connectivity index (χ2n) is 6.81. The SMILES string of the molecule is CO[SiH](C)C.CO[SiH](C)C.CO[Si](C)(C)C.C[SiH](C)C.[I][V]([I])[I]. The van der Waals surface area contributed by atoms with Crippen LogP contribution in [0.1, 0.15) is 0 Å². The van der Waals surface area contributed by atoms with Gasteiger partial charge in [-0.2, -0.15) is 0 Å². The summed E-state index contributed by atoms with van der Waals surface area (Å²) in [4.78, 5) is -0.278. The second kappa shape index (κ2) is 28.7. The van der Waals surface area contributed by atoms with Gasteiger partial charge in [-0.3, -0.25) is 0 Å². The van der Waals surface area contributed by atoms with Gasteiger partial charge in [0.25, 0.3) is 0 Å². The van der Waals surface area contributed by atoms with Crippen LogP contribution >= 0.6 is 59.9 Å². The first-order valence-electron chi connectivity index (χ1n) is 7.95. The van der Waals surface area contributed by atoms with E-state index in [9.17, 15) is 0 Å². The summed E-state index contributed by atoms with van der Waals surface area (Å²) in [6.07, 6.45) is 0. The third-order valence-corrected chi connectivity index (χ3v) is 4.67. The van der Waals surface area contributed by atoms with E-state index in [0.29, 0.717) is 0 Å². The summed E-state index contributed by atoms with van der Waals surface area (Å²) >= 11 is 7.39. The molecule has 0 aromatic heterocycles. The summed E-state index contributed by atoms with van der Waals surface area (Å²) < 4.78 is 14.9. The van der Waals surface area contributed by atoms with Gasteiger partial charge in [-0.05, 0) is 45.8 Å². The van der Waals surface area contributed by atoms with E-state index in [1.54, 1.807) is 21.3 Å². The molecule has 0 spiro atoms. The van der Waals surface area contributed by atoms with Crippen LogP contribution in [0.5, 0.6) is 0 Å². The predicted molar refractivity (Wildman–Crippen MR) is 149 cm³/mol. The fraction of sp³-hybridized carbons (Fsp3) is 1.00. The van der Waals surface area contributed by atoms with Gasteiger partial charge in [0.2, 0.25) is 0 Å². The molecule has 0 rings (SSSR count). The van der Waals surface area contributed by atoms with Gasteiger partial charge in [0.1, 0.15) is 0 Å². The zero-order chi connectivity index (χ0) is 20.9. The summed E-state index contributed by atoms with van der Waals surface area (Å²) in [5.74, 6) is 0. The van der Waals surface area contributed by atoms with Crippen molar-refractivity contribution >= 4 is 95.1 Å². The van der Waals surface area contributed by atoms with Crippen molar-refractivity contribution in [2.75, 3.05) is 21.3 Å². The van der Waals surface area contributed by atoms with Crippen LogP contribution < -0.4 is 0 Å². The molecular formula is C13H42I3O3Si4V. The molecule has 24 heavy (non-hydrogen) atoms. The summed E-state index contributed by atoms with van der Waals surface area (Å²) in [6.45, 7) is 22.0. The first kappa shape index (κ1) is 38.2. The Labute approximate surface area is 197 Å². The van der Waals surface area contributed by atoms with Crippen LogP contribution in [0.2, 0.25) is 65.5 Å². The number of rotatable bonds is 3. The molecule has 0 aliphatic carbocycles. The first-order chi connectivity index (χ1) is 10.6. The fourth-order valence-corrected chi connectivity index (χ4v) is 0. The van der Waals surface area contributed by atoms with Crippen LogP contribution in [0, 0.1) is 0 Å². The van der Waals surface area contributed by atoms with Crippen molar-refractivity contribution in [1.82, 2.24) is 0 Å². The Morgan fingerprint density at radius 3 is 0.750 bits per heavy atom. The van der Waals surface area contributed by atoms with Gasteiger partial charge in [-0.25, -0.2) is 0 Å². The summed E-state index contributed by atoms with van der Waals surface area (Å²) in [6, 6.07) is 0. The Morgan fingerprint density at radius 2 is 0.750 bits per heavy atom. The van der Waals surface area contributed by atoms with Gasteiger partial charge in [-0.1, -0.05) is 19.6 Å². The summed E-state index contributed by atoms with van der Waals surface area (Å²) in [5.41, 5.74) is 0. The molecule has 0 amide bonds. The van der Waals surface area contributed by atoms with Crippen molar-refractivity contribution in [2.24, 2.45) is 0 Å². The van der Waals surface area contributed by atoms with Gasteiger partial charge in [0.15, 0.2) is 26.4 Å². The van der Waals surface area contributed by atoms with E-state index in [2.05, 4.69) is 125 Å². The van der Waals surface area contributed by atoms with Crippen molar-refractivity contribution in [2.45, 2.75) is 65.5 Å². The van der Waals surface area contributed by atoms with Crippen LogP contribution in [-0.2, 0) is 18.2 Å². The Morgan fingerprint density at radius 1 is 0.667 bits per heavy atom. The molecule has 0 aromatic carbocycles. The molecule has 0 aliphatic rings. The summed E-state index contributed by atoms with van der Waals surface area (Å²) in [5, 5.41) is 0. The zero-order valence-corrected chi connectivity index (χ0v) is 30.4. The van der Waals surface area contributed by atoms with Crippen LogP contribution in [0.3, 0.4) is 0 Å². The quantitative estimate of drug-likeness (QED) is 0.243. The van der Waals surface area contributed by atoms with Crippen molar-refractivity contribution in [3.63, 3.8) is 0 Å². The second-order valence-corrected chi connectivity index (χ2v) is 55.4. The predicted octanol–water partition coefficient (Wildman–Crippen LogP) is 6.46. The van der Waals surface area contributed by atoms with Crippen molar-refractivity contribution < 1.29 is 18.2 Å². The molecule has 0 aliphatic heterocycles. The molecular weight excluding hydrogens is 748 g/mol. The van der Waals surface area contributed by atoms with Crippen LogP contribution in [-0.4, -0.2) is 56.5 Å². The average Bonchev–Trinajstić information content (AvgIpc) is 2.37. The van der Waals surface area contributed by atoms with Gasteiger partial charge in [0.05, 0.1) is 0 Å². The normalized spacial score (nSPS) is 10.0. The average molecular weight is 790 g/mol. The van der Waals surface area contributed by atoms with Gasteiger partial charge >= 0.3 is 64.9 Å². The van der Waals surface area contributed by atoms with E-state index in [0.717, 1.165) is 0 Å². The number of hydrogen-bond donors (Lipinski definition) is 0. The Kier molecular flexibility index (Phi) is 45.7. The first-order valence-corrected chi connectivity index (χ1v) is 33.9. The van der Waals surface area contributed by atoms with E-state index in [1.807, 2.05) is 0 Å². The molecule has 11 heteroatoms. The maximum absolute atomic E-state index is 5.08. The van der Waals surface area contributed by atoms with Crippen LogP contribution in [0.15, 0.2) is 0 Å². The Balaban J connectivity index is -0.0000000633. The van der Waals surface area contributed by atoms with E-state index in [4.69, 9.17) is 13.3 Å². The minimum absolute atomic E-state index is 0.139. The van der Waals surface area contributed by atoms with Crippen LogP contribution in [0.4, 0.5) is 0 Å². The van der Waals surface area contributed by atoms with Gasteiger partial charge in [0, 0.05) is 30.1 Å². The standard InChI is InChI=1S/C4H12OSi.2C3H10OSi.C3H10Si.3HI.V/c1-5-6(2,3)4;2*1-4-5(2)3;1-4(2)3;;;;/h1-4H3;2*5H,1-3H3;4H,1-3H3;3*1H;/q;;;;;;;+3/p-3. The molecule has 0 N–H and O–H groups in total. The molecule has 3 nitrogen and oxygen atoms in total. The molecule has 0 radical (unpaired) electrons. The Hall–Kier alpha value is 3.52. The molecule has 154 valence electrons. The molecule has 0 bridgehead atoms. The molecule has 0 saturated heterocycles. The Bertz CT molecular complexity index is 192. The van der Waals surface area contributed by atoms with E-state index < -0.39 is 26.4 Å². The molecule has 0 fully saturated rings. The molecule has 0 heterocycles. The minimum atomic E-state index is -1.13.